The van der Waals surface area contributed by atoms with E-state index in [4.69, 9.17) is 4.74 Å². The number of carbonyl (C=O) groups is 2. The quantitative estimate of drug-likeness (QED) is 0.528. The van der Waals surface area contributed by atoms with Gasteiger partial charge in [-0.3, -0.25) is 9.59 Å². The van der Waals surface area contributed by atoms with Gasteiger partial charge in [0.25, 0.3) is 11.8 Å². The van der Waals surface area contributed by atoms with E-state index in [-0.39, 0.29) is 11.4 Å². The highest BCUT2D eigenvalue weighted by molar-refractivity contribution is 6.28. The minimum atomic E-state index is -4.76. The molecule has 150 valence electrons. The molecule has 7 heteroatoms. The van der Waals surface area contributed by atoms with Crippen LogP contribution in [0.5, 0.6) is 11.5 Å². The number of hydrogen-bond acceptors (Lipinski definition) is 3. The molecule has 0 saturated carbocycles. The normalized spacial score (nSPS) is 13.8. The number of amides is 2. The Kier molecular flexibility index (Phi) is 4.87. The zero-order valence-corrected chi connectivity index (χ0v) is 15.4. The summed E-state index contributed by atoms with van der Waals surface area (Å²) in [5.74, 6) is -1.58. The number of hydrogen-bond donors (Lipinski definition) is 0. The predicted octanol–water partition coefficient (Wildman–Crippen LogP) is 5.59. The van der Waals surface area contributed by atoms with Crippen LogP contribution in [0.4, 0.5) is 18.9 Å². The summed E-state index contributed by atoms with van der Waals surface area (Å²) in [6.45, 7) is 0. The number of para-hydroxylation sites is 1. The van der Waals surface area contributed by atoms with E-state index in [0.29, 0.717) is 10.5 Å². The number of carbonyl (C=O) groups excluding carboxylic acids is 2. The molecule has 4 nitrogen and oxygen atoms in total. The van der Waals surface area contributed by atoms with Gasteiger partial charge in [0.05, 0.1) is 5.69 Å². The summed E-state index contributed by atoms with van der Waals surface area (Å²) >= 11 is 0. The van der Waals surface area contributed by atoms with Crippen molar-refractivity contribution in [1.29, 1.82) is 0 Å². The van der Waals surface area contributed by atoms with E-state index >= 15 is 0 Å². The number of benzene rings is 3. The maximum absolute atomic E-state index is 13.8. The fraction of sp³-hybridized carbons (Fsp3) is 0.0435. The van der Waals surface area contributed by atoms with Crippen LogP contribution in [-0.2, 0) is 15.8 Å². The first-order chi connectivity index (χ1) is 14.3. The first-order valence-electron chi connectivity index (χ1n) is 8.94. The van der Waals surface area contributed by atoms with Crippen LogP contribution in [0.3, 0.4) is 0 Å². The maximum Gasteiger partial charge on any atom is 0.420 e. The van der Waals surface area contributed by atoms with Crippen LogP contribution in [0.15, 0.2) is 84.9 Å². The van der Waals surface area contributed by atoms with Crippen molar-refractivity contribution in [2.75, 3.05) is 4.90 Å². The van der Waals surface area contributed by atoms with E-state index in [1.54, 1.807) is 24.3 Å². The molecule has 0 N–H and O–H groups in total. The topological polar surface area (TPSA) is 46.6 Å². The van der Waals surface area contributed by atoms with Gasteiger partial charge in [-0.25, -0.2) is 4.90 Å². The van der Waals surface area contributed by atoms with Crippen LogP contribution in [0, 0.1) is 0 Å². The second-order valence-electron chi connectivity index (χ2n) is 6.49. The molecule has 0 atom stereocenters. The molecule has 30 heavy (non-hydrogen) atoms. The van der Waals surface area contributed by atoms with Crippen molar-refractivity contribution in [1.82, 2.24) is 0 Å². The van der Waals surface area contributed by atoms with Gasteiger partial charge in [-0.2, -0.15) is 13.2 Å². The van der Waals surface area contributed by atoms with Gasteiger partial charge in [-0.15, -0.1) is 0 Å². The van der Waals surface area contributed by atoms with E-state index in [1.165, 1.54) is 6.07 Å². The second-order valence-corrected chi connectivity index (χ2v) is 6.49. The summed E-state index contributed by atoms with van der Waals surface area (Å²) in [6.07, 6.45) is -2.74. The van der Waals surface area contributed by atoms with Crippen molar-refractivity contribution in [2.45, 2.75) is 6.18 Å². The monoisotopic (exact) mass is 409 g/mol. The molecule has 4 rings (SSSR count). The van der Waals surface area contributed by atoms with Crippen molar-refractivity contribution in [3.05, 3.63) is 90.5 Å². The SMILES string of the molecule is O=C1C=CC(=O)N1c1ccc(Oc2ccccc2-c2ccccc2)c(C(F)(F)F)c1. The fourth-order valence-electron chi connectivity index (χ4n) is 3.15. The van der Waals surface area contributed by atoms with Gasteiger partial charge in [-0.05, 0) is 29.8 Å². The highest BCUT2D eigenvalue weighted by Gasteiger charge is 2.37. The molecule has 0 radical (unpaired) electrons. The van der Waals surface area contributed by atoms with Crippen LogP contribution in [0.25, 0.3) is 11.1 Å². The van der Waals surface area contributed by atoms with Gasteiger partial charge in [0.2, 0.25) is 0 Å². The number of nitrogens with zero attached hydrogens (tertiary/aromatic N) is 1. The minimum Gasteiger partial charge on any atom is -0.456 e. The number of halogens is 3. The smallest absolute Gasteiger partial charge is 0.420 e. The summed E-state index contributed by atoms with van der Waals surface area (Å²) in [6, 6.07) is 19.0. The summed E-state index contributed by atoms with van der Waals surface area (Å²) < 4.78 is 46.9. The number of rotatable bonds is 4. The number of alkyl halides is 3. The van der Waals surface area contributed by atoms with Crippen LogP contribution in [0.2, 0.25) is 0 Å². The summed E-state index contributed by atoms with van der Waals surface area (Å²) in [4.78, 5) is 24.3. The molecule has 1 aliphatic rings. The molecular formula is C23H14F3NO3. The average Bonchev–Trinajstić information content (AvgIpc) is 3.07. The van der Waals surface area contributed by atoms with Gasteiger partial charge in [0, 0.05) is 17.7 Å². The molecule has 1 heterocycles. The molecule has 3 aromatic carbocycles. The highest BCUT2D eigenvalue weighted by atomic mass is 19.4. The molecule has 0 fully saturated rings. The third-order valence-electron chi connectivity index (χ3n) is 4.53. The Morgan fingerprint density at radius 3 is 2.03 bits per heavy atom. The Morgan fingerprint density at radius 1 is 0.733 bits per heavy atom. The minimum absolute atomic E-state index is 0.175. The third kappa shape index (κ3) is 3.69. The lowest BCUT2D eigenvalue weighted by Gasteiger charge is -2.19. The molecule has 2 amide bonds. The highest BCUT2D eigenvalue weighted by Crippen LogP contribution is 2.42. The Labute approximate surface area is 169 Å². The number of imide groups is 1. The first kappa shape index (κ1) is 19.4. The second kappa shape index (κ2) is 7.51. The molecule has 0 bridgehead atoms. The summed E-state index contributed by atoms with van der Waals surface area (Å²) in [5.41, 5.74) is 0.156. The zero-order valence-electron chi connectivity index (χ0n) is 15.4. The Bertz CT molecular complexity index is 1140. The lowest BCUT2D eigenvalue weighted by Crippen LogP contribution is -2.29. The standard InChI is InChI=1S/C23H14F3NO3/c24-23(25,26)18-14-16(27-21(28)12-13-22(27)29)10-11-20(18)30-19-9-5-4-8-17(19)15-6-2-1-3-7-15/h1-14H. The lowest BCUT2D eigenvalue weighted by atomic mass is 10.0. The Hall–Kier alpha value is -3.87. The van der Waals surface area contributed by atoms with Gasteiger partial charge in [0.15, 0.2) is 0 Å². The summed E-state index contributed by atoms with van der Waals surface area (Å²) in [7, 11) is 0. The molecule has 1 aliphatic heterocycles. The van der Waals surface area contributed by atoms with Gasteiger partial charge < -0.3 is 4.74 Å². The van der Waals surface area contributed by atoms with Crippen LogP contribution in [0.1, 0.15) is 5.56 Å². The summed E-state index contributed by atoms with van der Waals surface area (Å²) in [5, 5.41) is 0. The zero-order chi connectivity index (χ0) is 21.3. The largest absolute Gasteiger partial charge is 0.456 e. The molecule has 0 saturated heterocycles. The van der Waals surface area contributed by atoms with E-state index in [9.17, 15) is 22.8 Å². The molecule has 0 unspecified atom stereocenters. The Balaban J connectivity index is 1.76. The van der Waals surface area contributed by atoms with Gasteiger partial charge in [-0.1, -0.05) is 48.5 Å². The van der Waals surface area contributed by atoms with Gasteiger partial charge in [0.1, 0.15) is 17.1 Å². The van der Waals surface area contributed by atoms with Gasteiger partial charge >= 0.3 is 6.18 Å². The number of anilines is 1. The van der Waals surface area contributed by atoms with Crippen molar-refractivity contribution < 1.29 is 27.5 Å². The van der Waals surface area contributed by atoms with E-state index in [2.05, 4.69) is 0 Å². The fourth-order valence-corrected chi connectivity index (χ4v) is 3.15. The molecular weight excluding hydrogens is 395 g/mol. The average molecular weight is 409 g/mol. The Morgan fingerprint density at radius 2 is 1.37 bits per heavy atom. The van der Waals surface area contributed by atoms with Crippen molar-refractivity contribution in [3.63, 3.8) is 0 Å². The van der Waals surface area contributed by atoms with Crippen molar-refractivity contribution >= 4 is 17.5 Å². The lowest BCUT2D eigenvalue weighted by molar-refractivity contribution is -0.138. The van der Waals surface area contributed by atoms with Crippen LogP contribution in [-0.4, -0.2) is 11.8 Å². The van der Waals surface area contributed by atoms with Crippen LogP contribution < -0.4 is 9.64 Å². The van der Waals surface area contributed by atoms with Crippen molar-refractivity contribution in [3.8, 4) is 22.6 Å². The van der Waals surface area contributed by atoms with Crippen molar-refractivity contribution in [2.24, 2.45) is 0 Å². The van der Waals surface area contributed by atoms with E-state index < -0.39 is 29.3 Å². The molecule has 3 aromatic rings. The predicted molar refractivity (Wildman–Crippen MR) is 105 cm³/mol. The molecule has 0 spiro atoms. The molecule has 0 aromatic heterocycles. The third-order valence-corrected chi connectivity index (χ3v) is 4.53. The first-order valence-corrected chi connectivity index (χ1v) is 8.94. The molecule has 0 aliphatic carbocycles. The maximum atomic E-state index is 13.8. The van der Waals surface area contributed by atoms with Crippen LogP contribution >= 0.6 is 0 Å². The number of ether oxygens (including phenoxy) is 1. The van der Waals surface area contributed by atoms with E-state index in [1.807, 2.05) is 30.3 Å². The van der Waals surface area contributed by atoms with E-state index in [0.717, 1.165) is 29.8 Å².